The van der Waals surface area contributed by atoms with Crippen LogP contribution in [0.2, 0.25) is 0 Å². The summed E-state index contributed by atoms with van der Waals surface area (Å²) in [4.78, 5) is 23.5. The van der Waals surface area contributed by atoms with Gasteiger partial charge in [0.25, 0.3) is 0 Å². The van der Waals surface area contributed by atoms with Crippen LogP contribution >= 0.6 is 22.9 Å². The summed E-state index contributed by atoms with van der Waals surface area (Å²) >= 11 is 1.96. The van der Waals surface area contributed by atoms with E-state index in [1.165, 1.54) is 2.78 Å². The Morgan fingerprint density at radius 1 is 1.31 bits per heavy atom. The van der Waals surface area contributed by atoms with Crippen molar-refractivity contribution in [3.05, 3.63) is 27.9 Å². The maximum atomic E-state index is 15.1. The summed E-state index contributed by atoms with van der Waals surface area (Å²) in [5.74, 6) is 0.405. The van der Waals surface area contributed by atoms with Crippen LogP contribution in [-0.2, 0) is 0 Å². The van der Waals surface area contributed by atoms with Crippen LogP contribution in [0.4, 0.5) is 15.9 Å². The number of hydrogen-bond acceptors (Lipinski definition) is 5. The largest absolute Gasteiger partial charge is 0.371 e. The zero-order valence-corrected chi connectivity index (χ0v) is 17.6. The van der Waals surface area contributed by atoms with Gasteiger partial charge in [0.05, 0.1) is 39.5 Å². The molecule has 0 amide bonds. The van der Waals surface area contributed by atoms with Crippen molar-refractivity contribution < 1.29 is 4.39 Å². The molecular weight excluding hydrogens is 448 g/mol. The van der Waals surface area contributed by atoms with Gasteiger partial charge in [0, 0.05) is 38.8 Å². The van der Waals surface area contributed by atoms with Crippen LogP contribution in [0.1, 0.15) is 18.9 Å². The molecule has 1 saturated heterocycles. The number of rotatable bonds is 0. The van der Waals surface area contributed by atoms with E-state index in [1.807, 2.05) is 34.8 Å². The first-order chi connectivity index (χ1) is 12.3. The lowest BCUT2D eigenvalue weighted by Gasteiger charge is -2.47. The molecule has 2 aromatic rings. The van der Waals surface area contributed by atoms with Gasteiger partial charge in [-0.3, -0.25) is 0 Å². The number of likely N-dealkylation sites (N-methyl/N-ethyl adjacent to an activating group) is 1. The minimum absolute atomic E-state index is 0.208. The van der Waals surface area contributed by atoms with E-state index in [4.69, 9.17) is 0 Å². The fourth-order valence-electron chi connectivity index (χ4n) is 4.46. The third-order valence-electron chi connectivity index (χ3n) is 5.60. The lowest BCUT2D eigenvalue weighted by molar-refractivity contribution is 0.226. The molecule has 140 valence electrons. The lowest BCUT2D eigenvalue weighted by atomic mass is 9.99. The van der Waals surface area contributed by atoms with Crippen molar-refractivity contribution in [1.29, 1.82) is 0 Å². The number of benzene rings is 1. The molecule has 1 aromatic carbocycles. The SMILES string of the molecule is Cc1cc2c3c(nc(=O)n2I)N2C(C)CN(C)CC2CCN(C)c3c1F. The third-order valence-corrected chi connectivity index (χ3v) is 6.53. The molecule has 2 aliphatic heterocycles. The first-order valence-electron chi connectivity index (χ1n) is 8.89. The second kappa shape index (κ2) is 6.33. The number of piperazine rings is 1. The molecule has 3 heterocycles. The summed E-state index contributed by atoms with van der Waals surface area (Å²) in [5.41, 5.74) is 1.52. The van der Waals surface area contributed by atoms with E-state index in [1.54, 1.807) is 13.0 Å². The Hall–Kier alpha value is -1.42. The second-order valence-corrected chi connectivity index (χ2v) is 8.56. The van der Waals surface area contributed by atoms with E-state index in [9.17, 15) is 4.79 Å². The van der Waals surface area contributed by atoms with Crippen LogP contribution in [0.25, 0.3) is 10.9 Å². The van der Waals surface area contributed by atoms with Crippen molar-refractivity contribution in [1.82, 2.24) is 12.7 Å². The minimum atomic E-state index is -0.307. The topological polar surface area (TPSA) is 44.6 Å². The van der Waals surface area contributed by atoms with Crippen LogP contribution in [0.3, 0.4) is 0 Å². The smallest absolute Gasteiger partial charge is 0.359 e. The predicted molar refractivity (Wildman–Crippen MR) is 111 cm³/mol. The summed E-state index contributed by atoms with van der Waals surface area (Å²) in [6.45, 7) is 6.48. The van der Waals surface area contributed by atoms with Gasteiger partial charge in [-0.25, -0.2) is 12.0 Å². The van der Waals surface area contributed by atoms with E-state index in [0.717, 1.165) is 37.0 Å². The minimum Gasteiger partial charge on any atom is -0.371 e. The van der Waals surface area contributed by atoms with Crippen LogP contribution in [0.5, 0.6) is 0 Å². The van der Waals surface area contributed by atoms with Crippen LogP contribution in [-0.4, -0.2) is 58.5 Å². The lowest BCUT2D eigenvalue weighted by Crippen LogP contribution is -2.58. The fraction of sp³-hybridized carbons (Fsp3) is 0.556. The molecule has 8 heteroatoms. The Morgan fingerprint density at radius 3 is 2.77 bits per heavy atom. The highest BCUT2D eigenvalue weighted by Crippen LogP contribution is 2.40. The summed E-state index contributed by atoms with van der Waals surface area (Å²) in [5, 5.41) is 0.741. The number of hydrogen-bond donors (Lipinski definition) is 0. The van der Waals surface area contributed by atoms with Crippen LogP contribution in [0, 0.1) is 12.7 Å². The molecule has 0 bridgehead atoms. The number of nitrogens with zero attached hydrogens (tertiary/aromatic N) is 5. The molecule has 26 heavy (non-hydrogen) atoms. The van der Waals surface area contributed by atoms with Gasteiger partial charge < -0.3 is 14.7 Å². The van der Waals surface area contributed by atoms with Gasteiger partial charge in [-0.15, -0.1) is 0 Å². The highest BCUT2D eigenvalue weighted by molar-refractivity contribution is 14.1. The summed E-state index contributed by atoms with van der Waals surface area (Å²) in [7, 11) is 4.05. The van der Waals surface area contributed by atoms with E-state index in [2.05, 4.69) is 28.8 Å². The average Bonchev–Trinajstić information content (AvgIpc) is 2.56. The van der Waals surface area contributed by atoms with Crippen LogP contribution < -0.4 is 15.5 Å². The zero-order chi connectivity index (χ0) is 18.7. The fourth-order valence-corrected chi connectivity index (χ4v) is 4.95. The van der Waals surface area contributed by atoms with Crippen molar-refractivity contribution in [3.63, 3.8) is 0 Å². The molecular formula is C18H23FIN5O. The number of aromatic nitrogens is 2. The van der Waals surface area contributed by atoms with Crippen molar-refractivity contribution in [2.45, 2.75) is 32.4 Å². The van der Waals surface area contributed by atoms with Gasteiger partial charge in [-0.05, 0) is 38.9 Å². The number of aryl methyl sites for hydroxylation is 1. The molecule has 1 fully saturated rings. The molecule has 2 aliphatic rings. The van der Waals surface area contributed by atoms with Crippen molar-refractivity contribution in [2.75, 3.05) is 43.5 Å². The van der Waals surface area contributed by atoms with E-state index in [-0.39, 0.29) is 23.6 Å². The summed E-state index contributed by atoms with van der Waals surface area (Å²) in [6.07, 6.45) is 0.897. The first-order valence-corrected chi connectivity index (χ1v) is 9.86. The maximum absolute atomic E-state index is 15.1. The molecule has 2 unspecified atom stereocenters. The molecule has 4 rings (SSSR count). The van der Waals surface area contributed by atoms with Gasteiger partial charge in [0.2, 0.25) is 0 Å². The third kappa shape index (κ3) is 2.60. The van der Waals surface area contributed by atoms with Crippen molar-refractivity contribution in [2.24, 2.45) is 0 Å². The van der Waals surface area contributed by atoms with Gasteiger partial charge >= 0.3 is 5.69 Å². The molecule has 0 N–H and O–H groups in total. The molecule has 6 nitrogen and oxygen atoms in total. The van der Waals surface area contributed by atoms with Crippen LogP contribution in [0.15, 0.2) is 10.9 Å². The van der Waals surface area contributed by atoms with Crippen molar-refractivity contribution >= 4 is 45.3 Å². The Bertz CT molecular complexity index is 946. The maximum Gasteiger partial charge on any atom is 0.359 e. The molecule has 0 radical (unpaired) electrons. The average molecular weight is 471 g/mol. The number of halogens is 2. The molecule has 0 aliphatic carbocycles. The second-order valence-electron chi connectivity index (χ2n) is 7.59. The number of anilines is 2. The summed E-state index contributed by atoms with van der Waals surface area (Å²) in [6, 6.07) is 2.22. The Morgan fingerprint density at radius 2 is 2.04 bits per heavy atom. The predicted octanol–water partition coefficient (Wildman–Crippen LogP) is 2.39. The molecule has 2 atom stereocenters. The zero-order valence-electron chi connectivity index (χ0n) is 15.5. The molecule has 1 aromatic heterocycles. The standard InChI is InChI=1S/C18H23FIN5O/c1-10-7-13-14-16(15(10)19)23(4)6-5-12-9-22(3)8-11(2)24(12)17(14)21-18(26)25(13)20/h7,11-12H,5-6,8-9H2,1-4H3. The van der Waals surface area contributed by atoms with Gasteiger partial charge in [-0.1, -0.05) is 0 Å². The Labute approximate surface area is 166 Å². The molecule has 0 spiro atoms. The number of fused-ring (bicyclic) bond motifs is 2. The normalized spacial score (nSPS) is 23.8. The highest BCUT2D eigenvalue weighted by atomic mass is 127. The quantitative estimate of drug-likeness (QED) is 0.553. The molecule has 0 saturated carbocycles. The van der Waals surface area contributed by atoms with Crippen molar-refractivity contribution in [3.8, 4) is 0 Å². The van der Waals surface area contributed by atoms with Gasteiger partial charge in [0.1, 0.15) is 11.6 Å². The van der Waals surface area contributed by atoms with E-state index >= 15 is 4.39 Å². The van der Waals surface area contributed by atoms with Gasteiger partial charge in [0.15, 0.2) is 0 Å². The highest BCUT2D eigenvalue weighted by Gasteiger charge is 2.36. The first kappa shape index (κ1) is 18.0. The summed E-state index contributed by atoms with van der Waals surface area (Å²) < 4.78 is 16.6. The Balaban J connectivity index is 2.12. The van der Waals surface area contributed by atoms with E-state index < -0.39 is 0 Å². The monoisotopic (exact) mass is 471 g/mol. The van der Waals surface area contributed by atoms with Gasteiger partial charge in [-0.2, -0.15) is 4.98 Å². The van der Waals surface area contributed by atoms with E-state index in [0.29, 0.717) is 17.1 Å². The Kier molecular flexibility index (Phi) is 4.37.